The lowest BCUT2D eigenvalue weighted by Crippen LogP contribution is -2.61. The predicted molar refractivity (Wildman–Crippen MR) is 352 cm³/mol. The molecule has 7 rings (SSSR count). The molecule has 4 aromatic carbocycles. The molecule has 1 fully saturated rings. The second-order valence-corrected chi connectivity index (χ2v) is 26.2. The van der Waals surface area contributed by atoms with E-state index in [4.69, 9.17) is 14.2 Å². The third kappa shape index (κ3) is 18.0. The highest BCUT2D eigenvalue weighted by atomic mass is 16.7. The molecule has 5 aromatic rings. The Kier molecular flexibility index (Phi) is 24.6. The molecule has 95 heavy (non-hydrogen) atoms. The first kappa shape index (κ1) is 73.3. The number of carboxylic acids is 2. The summed E-state index contributed by atoms with van der Waals surface area (Å²) in [5.74, 6) is -4.78. The molecule has 6 amide bonds. The summed E-state index contributed by atoms with van der Waals surface area (Å²) in [6.07, 6.45) is -8.10. The molecule has 8 atom stereocenters. The molecule has 2 aliphatic heterocycles. The summed E-state index contributed by atoms with van der Waals surface area (Å²) in [6, 6.07) is 24.1. The zero-order valence-corrected chi connectivity index (χ0v) is 55.8. The van der Waals surface area contributed by atoms with Gasteiger partial charge in [-0.3, -0.25) is 29.3 Å². The van der Waals surface area contributed by atoms with Gasteiger partial charge in [0.05, 0.1) is 30.0 Å². The van der Waals surface area contributed by atoms with Crippen LogP contribution in [0.1, 0.15) is 130 Å². The molecule has 0 saturated carbocycles. The predicted octanol–water partition coefficient (Wildman–Crippen LogP) is 6.35. The van der Waals surface area contributed by atoms with Crippen molar-refractivity contribution in [2.45, 2.75) is 181 Å². The van der Waals surface area contributed by atoms with Gasteiger partial charge < -0.3 is 70.8 Å². The van der Waals surface area contributed by atoms with Crippen molar-refractivity contribution in [3.63, 3.8) is 0 Å². The van der Waals surface area contributed by atoms with Crippen LogP contribution < -0.4 is 36.2 Å². The number of nitrogens with zero attached hydrogens (tertiary/aromatic N) is 5. The highest BCUT2D eigenvalue weighted by Gasteiger charge is 2.49. The van der Waals surface area contributed by atoms with E-state index in [-0.39, 0.29) is 79.6 Å². The lowest BCUT2D eigenvalue weighted by Gasteiger charge is -2.40. The van der Waals surface area contributed by atoms with Crippen LogP contribution in [0.4, 0.5) is 16.2 Å². The average Bonchev–Trinajstić information content (AvgIpc) is 1.70. The maximum Gasteiger partial charge on any atom is 0.411 e. The summed E-state index contributed by atoms with van der Waals surface area (Å²) in [5, 5.41) is 74.2. The van der Waals surface area contributed by atoms with Crippen LogP contribution in [-0.4, -0.2) is 162 Å². The van der Waals surface area contributed by atoms with Crippen molar-refractivity contribution in [1.29, 1.82) is 0 Å². The number of aliphatic carboxylic acids is 2. The summed E-state index contributed by atoms with van der Waals surface area (Å²) in [4.78, 5) is 109. The van der Waals surface area contributed by atoms with Gasteiger partial charge in [-0.15, -0.1) is 5.10 Å². The van der Waals surface area contributed by atoms with E-state index in [9.17, 15) is 63.9 Å². The number of unbranched alkanes of at least 4 members (excludes halogenated alkanes) is 1. The summed E-state index contributed by atoms with van der Waals surface area (Å²) >= 11 is 0. The van der Waals surface area contributed by atoms with Crippen LogP contribution in [0.15, 0.2) is 103 Å². The van der Waals surface area contributed by atoms with Gasteiger partial charge in [0, 0.05) is 78.8 Å². The average molecular weight is 1320 g/mol. The normalized spacial score (nSPS) is 18.1. The van der Waals surface area contributed by atoms with E-state index in [0.29, 0.717) is 36.2 Å². The minimum absolute atomic E-state index is 0.000143. The standard InChI is InChI=1S/C69H90N10O16/c1-38(2)49(32-40(5)64(88)89)77(12)63(87)61(68(6,7)8)74-62(86)60(70-11)69(9,10)44-21-19-22-45(34-44)73-67(92)93-37-41-28-29-50(94-66-58(85)56(83)57(84)59(95-66)65(90)91)43(33-41)35-72-52(81)30-31-71-51(80)26-17-18-27-53(82)78-36-42-20-13-14-23-46(42)54-55(79(39(3)4)76-75-54)47-24-15-16-25-48(47)78/h13-16,19-25,28-29,32-34,38-39,49,56-61,66,70,83-85H,17-18,26-27,30-31,35-37H2,1-12H3,(H,71,80)(H,72,81)(H,73,92)(H,74,86)(H,88,89)(H,90,91)/b40-32+. The lowest BCUT2D eigenvalue weighted by molar-refractivity contribution is -0.271. The summed E-state index contributed by atoms with van der Waals surface area (Å²) in [6.45, 7) is 18.0. The van der Waals surface area contributed by atoms with Crippen molar-refractivity contribution >= 4 is 58.9 Å². The molecule has 1 aromatic heterocycles. The molecule has 10 N–H and O–H groups in total. The number of likely N-dealkylation sites (N-methyl/N-ethyl adjacent to an activating group) is 2. The third-order valence-corrected chi connectivity index (χ3v) is 17.0. The van der Waals surface area contributed by atoms with Crippen molar-refractivity contribution in [3.8, 4) is 28.3 Å². The second-order valence-electron chi connectivity index (χ2n) is 26.2. The zero-order chi connectivity index (χ0) is 69.8. The minimum atomic E-state index is -1.99. The smallest absolute Gasteiger partial charge is 0.411 e. The Hall–Kier alpha value is -9.08. The van der Waals surface area contributed by atoms with E-state index in [2.05, 4.69) is 36.9 Å². The fourth-order valence-electron chi connectivity index (χ4n) is 11.6. The van der Waals surface area contributed by atoms with Crippen LogP contribution in [0, 0.1) is 11.3 Å². The van der Waals surface area contributed by atoms with E-state index in [1.807, 2.05) is 116 Å². The molecule has 2 aliphatic rings. The summed E-state index contributed by atoms with van der Waals surface area (Å²) < 4.78 is 18.8. The molecule has 26 nitrogen and oxygen atoms in total. The molecule has 0 aliphatic carbocycles. The molecule has 0 radical (unpaired) electrons. The number of hydrogen-bond donors (Lipinski definition) is 10. The monoisotopic (exact) mass is 1310 g/mol. The number of hydrogen-bond acceptors (Lipinski definition) is 17. The number of amides is 6. The van der Waals surface area contributed by atoms with E-state index in [1.54, 1.807) is 43.3 Å². The number of aromatic nitrogens is 3. The first-order valence-corrected chi connectivity index (χ1v) is 31.7. The van der Waals surface area contributed by atoms with Crippen LogP contribution in [0.5, 0.6) is 5.75 Å². The molecular weight excluding hydrogens is 1220 g/mol. The Morgan fingerprint density at radius 3 is 2.13 bits per heavy atom. The van der Waals surface area contributed by atoms with Gasteiger partial charge in [0.15, 0.2) is 6.10 Å². The number of carboxylic acid groups (broad SMARTS) is 2. The van der Waals surface area contributed by atoms with Gasteiger partial charge in [-0.05, 0) is 99.0 Å². The van der Waals surface area contributed by atoms with Gasteiger partial charge in [-0.25, -0.2) is 19.1 Å². The number of nitrogens with one attached hydrogen (secondary N) is 5. The highest BCUT2D eigenvalue weighted by molar-refractivity contribution is 6.00. The molecule has 512 valence electrons. The Labute approximate surface area is 552 Å². The Morgan fingerprint density at radius 1 is 0.789 bits per heavy atom. The molecule has 8 unspecified atom stereocenters. The van der Waals surface area contributed by atoms with Gasteiger partial charge in [0.25, 0.3) is 0 Å². The van der Waals surface area contributed by atoms with Gasteiger partial charge in [-0.2, -0.15) is 0 Å². The number of aliphatic hydroxyl groups excluding tert-OH is 3. The number of rotatable bonds is 27. The number of benzene rings is 4. The third-order valence-electron chi connectivity index (χ3n) is 17.0. The SMILES string of the molecule is CNC(C(=O)NC(C(=O)N(C)C(/C=C(\C)C(=O)O)C(C)C)C(C)(C)C)C(C)(C)c1cccc(NC(=O)OCc2ccc(OC3OC(C(=O)O)C(O)C(O)C3O)c(CNC(=O)CCNC(=O)CCCCC(=O)N3Cc4ccccc4-c4nnn(C(C)C)c4-c4ccccc43)c2)c1. The van der Waals surface area contributed by atoms with Crippen LogP contribution in [0.25, 0.3) is 22.5 Å². The van der Waals surface area contributed by atoms with E-state index >= 15 is 0 Å². The van der Waals surface area contributed by atoms with Crippen molar-refractivity contribution < 1.29 is 78.1 Å². The van der Waals surface area contributed by atoms with E-state index < -0.39 is 95.4 Å². The van der Waals surface area contributed by atoms with Crippen LogP contribution in [0.2, 0.25) is 0 Å². The Bertz CT molecular complexity index is 3630. The van der Waals surface area contributed by atoms with Crippen molar-refractivity contribution in [1.82, 2.24) is 41.2 Å². The summed E-state index contributed by atoms with van der Waals surface area (Å²) in [5.41, 5.74) is 4.80. The topological polar surface area (TPSA) is 363 Å². The minimum Gasteiger partial charge on any atom is -0.479 e. The second kappa shape index (κ2) is 31.9. The summed E-state index contributed by atoms with van der Waals surface area (Å²) in [7, 11) is 3.20. The number of aliphatic hydroxyl groups is 3. The number of carbonyl (C=O) groups excluding carboxylic acids is 6. The van der Waals surface area contributed by atoms with Gasteiger partial charge in [0.2, 0.25) is 35.8 Å². The number of carbonyl (C=O) groups is 8. The Morgan fingerprint density at radius 2 is 1.46 bits per heavy atom. The van der Waals surface area contributed by atoms with Gasteiger partial charge in [0.1, 0.15) is 42.4 Å². The highest BCUT2D eigenvalue weighted by Crippen LogP contribution is 2.42. The van der Waals surface area contributed by atoms with Crippen molar-refractivity contribution in [2.24, 2.45) is 11.3 Å². The first-order chi connectivity index (χ1) is 44.8. The van der Waals surface area contributed by atoms with Crippen molar-refractivity contribution in [2.75, 3.05) is 30.9 Å². The van der Waals surface area contributed by atoms with E-state index in [0.717, 1.165) is 33.8 Å². The molecule has 3 heterocycles. The number of fused-ring (bicyclic) bond motifs is 5. The van der Waals surface area contributed by atoms with Crippen LogP contribution >= 0.6 is 0 Å². The molecule has 1 saturated heterocycles. The largest absolute Gasteiger partial charge is 0.479 e. The Balaban J connectivity index is 0.954. The maximum absolute atomic E-state index is 14.3. The number of para-hydroxylation sites is 1. The number of anilines is 2. The maximum atomic E-state index is 14.3. The quantitative estimate of drug-likeness (QED) is 0.0202. The lowest BCUT2D eigenvalue weighted by atomic mass is 9.76. The van der Waals surface area contributed by atoms with Crippen molar-refractivity contribution in [3.05, 3.63) is 125 Å². The van der Waals surface area contributed by atoms with Gasteiger partial charge >= 0.3 is 18.0 Å². The van der Waals surface area contributed by atoms with Gasteiger partial charge in [-0.1, -0.05) is 120 Å². The fraction of sp³-hybridized carbons (Fsp3) is 0.478. The first-order valence-electron chi connectivity index (χ1n) is 31.7. The molecule has 0 spiro atoms. The fourth-order valence-corrected chi connectivity index (χ4v) is 11.6. The molecule has 26 heteroatoms. The molecular formula is C69H90N10O16. The van der Waals surface area contributed by atoms with Crippen LogP contribution in [0.3, 0.4) is 0 Å². The van der Waals surface area contributed by atoms with Crippen LogP contribution in [-0.2, 0) is 68.1 Å². The zero-order valence-electron chi connectivity index (χ0n) is 55.8. The number of ether oxygens (including phenoxy) is 3. The molecule has 0 bridgehead atoms. The van der Waals surface area contributed by atoms with E-state index in [1.165, 1.54) is 36.1 Å².